The summed E-state index contributed by atoms with van der Waals surface area (Å²) in [5.74, 6) is 1.02. The highest BCUT2D eigenvalue weighted by atomic mass is 32.2. The molecule has 104 valence electrons. The first kappa shape index (κ1) is 15.1. The number of ether oxygens (including phenoxy) is 1. The molecule has 0 aromatic carbocycles. The van der Waals surface area contributed by atoms with Gasteiger partial charge in [0.05, 0.1) is 5.88 Å². The van der Waals surface area contributed by atoms with E-state index < -0.39 is 17.7 Å². The number of thioether (sulfide) groups is 1. The highest BCUT2D eigenvalue weighted by Crippen LogP contribution is 2.23. The van der Waals surface area contributed by atoms with Crippen LogP contribution in [0.2, 0.25) is 0 Å². The molecule has 18 heavy (non-hydrogen) atoms. The van der Waals surface area contributed by atoms with Crippen LogP contribution < -0.4 is 5.32 Å². The molecule has 0 aromatic heterocycles. The summed E-state index contributed by atoms with van der Waals surface area (Å²) in [6.07, 6.45) is -0.420. The lowest BCUT2D eigenvalue weighted by Crippen LogP contribution is -2.50. The molecule has 1 heterocycles. The van der Waals surface area contributed by atoms with Crippen LogP contribution in [0.5, 0.6) is 0 Å². The van der Waals surface area contributed by atoms with Gasteiger partial charge in [-0.3, -0.25) is 9.69 Å². The zero-order valence-electron chi connectivity index (χ0n) is 11.6. The van der Waals surface area contributed by atoms with Gasteiger partial charge in [0.25, 0.3) is 0 Å². The highest BCUT2D eigenvalue weighted by molar-refractivity contribution is 7.99. The van der Waals surface area contributed by atoms with Crippen molar-refractivity contribution in [3.63, 3.8) is 0 Å². The van der Waals surface area contributed by atoms with Gasteiger partial charge in [-0.1, -0.05) is 0 Å². The van der Waals surface area contributed by atoms with Crippen molar-refractivity contribution >= 4 is 23.8 Å². The Morgan fingerprint density at radius 3 is 2.50 bits per heavy atom. The smallest absolute Gasteiger partial charge is 0.411 e. The molecule has 0 saturated carbocycles. The summed E-state index contributed by atoms with van der Waals surface area (Å²) in [6.45, 7) is 9.25. The van der Waals surface area contributed by atoms with E-state index in [9.17, 15) is 9.59 Å². The van der Waals surface area contributed by atoms with Gasteiger partial charge in [0.1, 0.15) is 11.6 Å². The number of hydrogen-bond acceptors (Lipinski definition) is 4. The maximum Gasteiger partial charge on any atom is 0.411 e. The molecule has 1 unspecified atom stereocenters. The molecule has 0 aromatic rings. The first-order valence-electron chi connectivity index (χ1n) is 6.08. The van der Waals surface area contributed by atoms with Gasteiger partial charge < -0.3 is 10.1 Å². The van der Waals surface area contributed by atoms with E-state index in [0.29, 0.717) is 11.6 Å². The molecular formula is C12H22N2O3S. The predicted octanol–water partition coefficient (Wildman–Crippen LogP) is 1.82. The van der Waals surface area contributed by atoms with E-state index in [4.69, 9.17) is 4.74 Å². The maximum atomic E-state index is 12.0. The summed E-state index contributed by atoms with van der Waals surface area (Å²) in [5, 5.41) is 2.83. The minimum Gasteiger partial charge on any atom is -0.444 e. The minimum absolute atomic E-state index is 0.0728. The molecular weight excluding hydrogens is 252 g/mol. The SMILES string of the molecule is CC(C)NC(=O)C1CSCN1C(=O)OC(C)(C)C. The van der Waals surface area contributed by atoms with E-state index in [1.54, 1.807) is 11.8 Å². The zero-order chi connectivity index (χ0) is 13.9. The van der Waals surface area contributed by atoms with Crippen LogP contribution in [0.25, 0.3) is 0 Å². The van der Waals surface area contributed by atoms with Gasteiger partial charge in [-0.25, -0.2) is 4.79 Å². The van der Waals surface area contributed by atoms with Gasteiger partial charge in [-0.15, -0.1) is 11.8 Å². The molecule has 1 aliphatic rings. The van der Waals surface area contributed by atoms with Crippen LogP contribution in [0.4, 0.5) is 4.79 Å². The molecule has 0 aliphatic carbocycles. The number of hydrogen-bond donors (Lipinski definition) is 1. The summed E-state index contributed by atoms with van der Waals surface area (Å²) >= 11 is 1.56. The van der Waals surface area contributed by atoms with Gasteiger partial charge in [-0.2, -0.15) is 0 Å². The van der Waals surface area contributed by atoms with Crippen LogP contribution in [0, 0.1) is 0 Å². The molecule has 2 amide bonds. The number of nitrogens with one attached hydrogen (secondary N) is 1. The van der Waals surface area contributed by atoms with Crippen molar-refractivity contribution in [1.29, 1.82) is 0 Å². The first-order valence-corrected chi connectivity index (χ1v) is 7.24. The molecule has 1 fully saturated rings. The maximum absolute atomic E-state index is 12.0. The Bertz CT molecular complexity index is 326. The number of carbonyl (C=O) groups is 2. The van der Waals surface area contributed by atoms with Crippen LogP contribution in [-0.2, 0) is 9.53 Å². The van der Waals surface area contributed by atoms with Gasteiger partial charge in [-0.05, 0) is 34.6 Å². The van der Waals surface area contributed by atoms with Crippen molar-refractivity contribution < 1.29 is 14.3 Å². The zero-order valence-corrected chi connectivity index (χ0v) is 12.5. The molecule has 5 nitrogen and oxygen atoms in total. The van der Waals surface area contributed by atoms with Crippen molar-refractivity contribution in [3.8, 4) is 0 Å². The van der Waals surface area contributed by atoms with Crippen molar-refractivity contribution in [1.82, 2.24) is 10.2 Å². The summed E-state index contributed by atoms with van der Waals surface area (Å²) in [7, 11) is 0. The van der Waals surface area contributed by atoms with E-state index in [1.807, 2.05) is 34.6 Å². The average molecular weight is 274 g/mol. The van der Waals surface area contributed by atoms with E-state index >= 15 is 0 Å². The standard InChI is InChI=1S/C12H22N2O3S/c1-8(2)13-10(15)9-6-18-7-14(9)11(16)17-12(3,4)5/h8-9H,6-7H2,1-5H3,(H,13,15). The molecule has 1 N–H and O–H groups in total. The Kier molecular flexibility index (Phi) is 4.90. The third kappa shape index (κ3) is 4.40. The molecule has 1 rings (SSSR count). The summed E-state index contributed by atoms with van der Waals surface area (Å²) in [4.78, 5) is 25.4. The molecule has 0 radical (unpaired) electrons. The van der Waals surface area contributed by atoms with E-state index in [-0.39, 0.29) is 11.9 Å². The molecule has 1 saturated heterocycles. The summed E-state index contributed by atoms with van der Waals surface area (Å²) < 4.78 is 5.30. The van der Waals surface area contributed by atoms with Gasteiger partial charge >= 0.3 is 6.09 Å². The van der Waals surface area contributed by atoms with Crippen LogP contribution in [0.3, 0.4) is 0 Å². The number of nitrogens with zero attached hydrogens (tertiary/aromatic N) is 1. The van der Waals surface area contributed by atoms with Crippen molar-refractivity contribution in [2.75, 3.05) is 11.6 Å². The lowest BCUT2D eigenvalue weighted by Gasteiger charge is -2.27. The van der Waals surface area contributed by atoms with Crippen molar-refractivity contribution in [2.45, 2.75) is 52.3 Å². The minimum atomic E-state index is -0.538. The number of amides is 2. The Labute approximate surface area is 113 Å². The fourth-order valence-corrected chi connectivity index (χ4v) is 2.68. The topological polar surface area (TPSA) is 58.6 Å². The number of rotatable bonds is 2. The Morgan fingerprint density at radius 2 is 2.00 bits per heavy atom. The van der Waals surface area contributed by atoms with Gasteiger partial charge in [0.15, 0.2) is 0 Å². The lowest BCUT2D eigenvalue weighted by molar-refractivity contribution is -0.125. The van der Waals surface area contributed by atoms with Crippen LogP contribution in [0.1, 0.15) is 34.6 Å². The summed E-state index contributed by atoms with van der Waals surface area (Å²) in [6, 6.07) is -0.351. The number of carbonyl (C=O) groups excluding carboxylic acids is 2. The van der Waals surface area contributed by atoms with Crippen LogP contribution in [-0.4, -0.2) is 46.2 Å². The second-order valence-corrected chi connectivity index (χ2v) is 6.63. The fourth-order valence-electron chi connectivity index (χ4n) is 1.54. The van der Waals surface area contributed by atoms with E-state index in [2.05, 4.69) is 5.32 Å². The fraction of sp³-hybridized carbons (Fsp3) is 0.833. The van der Waals surface area contributed by atoms with Crippen molar-refractivity contribution in [2.24, 2.45) is 0 Å². The second-order valence-electron chi connectivity index (χ2n) is 5.63. The average Bonchev–Trinajstić information content (AvgIpc) is 2.61. The van der Waals surface area contributed by atoms with Gasteiger partial charge in [0, 0.05) is 11.8 Å². The largest absolute Gasteiger partial charge is 0.444 e. The third-order valence-corrected chi connectivity index (χ3v) is 3.26. The molecule has 0 spiro atoms. The monoisotopic (exact) mass is 274 g/mol. The molecule has 0 bridgehead atoms. The van der Waals surface area contributed by atoms with Gasteiger partial charge in [0.2, 0.25) is 5.91 Å². The Morgan fingerprint density at radius 1 is 1.39 bits per heavy atom. The van der Waals surface area contributed by atoms with Crippen LogP contribution in [0.15, 0.2) is 0 Å². The van der Waals surface area contributed by atoms with Crippen molar-refractivity contribution in [3.05, 3.63) is 0 Å². The van der Waals surface area contributed by atoms with E-state index in [0.717, 1.165) is 0 Å². The molecule has 1 atom stereocenters. The second kappa shape index (κ2) is 5.82. The summed E-state index contributed by atoms with van der Waals surface area (Å²) in [5.41, 5.74) is -0.538. The Balaban J connectivity index is 2.64. The third-order valence-electron chi connectivity index (χ3n) is 2.24. The first-order chi connectivity index (χ1) is 8.20. The highest BCUT2D eigenvalue weighted by Gasteiger charge is 2.37. The molecule has 1 aliphatic heterocycles. The quantitative estimate of drug-likeness (QED) is 0.834. The molecule has 6 heteroatoms. The predicted molar refractivity (Wildman–Crippen MR) is 72.5 cm³/mol. The van der Waals surface area contributed by atoms with Crippen LogP contribution >= 0.6 is 11.8 Å². The Hall–Kier alpha value is -0.910. The van der Waals surface area contributed by atoms with E-state index in [1.165, 1.54) is 4.90 Å². The normalized spacial score (nSPS) is 20.1. The lowest BCUT2D eigenvalue weighted by atomic mass is 10.2.